The van der Waals surface area contributed by atoms with Crippen molar-refractivity contribution in [3.8, 4) is 0 Å². The maximum atomic E-state index is 11.3. The molecule has 0 amide bonds. The van der Waals surface area contributed by atoms with Gasteiger partial charge in [-0.3, -0.25) is 4.79 Å². The third-order valence-corrected chi connectivity index (χ3v) is 2.12. The van der Waals surface area contributed by atoms with Gasteiger partial charge in [0.2, 0.25) is 0 Å². The molecule has 13 heavy (non-hydrogen) atoms. The lowest BCUT2D eigenvalue weighted by Gasteiger charge is -2.16. The Kier molecular flexibility index (Phi) is 4.34. The van der Waals surface area contributed by atoms with E-state index in [1.165, 1.54) is 0 Å². The summed E-state index contributed by atoms with van der Waals surface area (Å²) in [6.07, 6.45) is 0.736. The van der Waals surface area contributed by atoms with Crippen molar-refractivity contribution >= 4 is 11.8 Å². The Balaban J connectivity index is 4.43. The number of aliphatic carboxylic acids is 1. The molecule has 2 atom stereocenters. The van der Waals surface area contributed by atoms with Gasteiger partial charge < -0.3 is 10.8 Å². The van der Waals surface area contributed by atoms with Crippen molar-refractivity contribution in [1.29, 1.82) is 0 Å². The molecule has 0 bridgehead atoms. The van der Waals surface area contributed by atoms with Crippen LogP contribution >= 0.6 is 0 Å². The molecule has 2 unspecified atom stereocenters. The molecule has 0 aliphatic carbocycles. The van der Waals surface area contributed by atoms with E-state index in [2.05, 4.69) is 6.58 Å². The molecule has 0 heterocycles. The van der Waals surface area contributed by atoms with E-state index in [1.54, 1.807) is 6.92 Å². The predicted octanol–water partition coefficient (Wildman–Crippen LogP) is 0.570. The van der Waals surface area contributed by atoms with E-state index in [9.17, 15) is 9.59 Å². The van der Waals surface area contributed by atoms with Crippen LogP contribution in [0, 0.1) is 5.92 Å². The summed E-state index contributed by atoms with van der Waals surface area (Å²) in [6.45, 7) is 6.86. The van der Waals surface area contributed by atoms with Crippen LogP contribution in [0.1, 0.15) is 20.3 Å². The largest absolute Gasteiger partial charge is 0.478 e. The van der Waals surface area contributed by atoms with Crippen LogP contribution < -0.4 is 5.73 Å². The molecule has 0 aliphatic rings. The lowest BCUT2D eigenvalue weighted by atomic mass is 9.93. The molecule has 0 aromatic carbocycles. The number of rotatable bonds is 5. The minimum absolute atomic E-state index is 0.0244. The first-order valence-corrected chi connectivity index (χ1v) is 4.13. The summed E-state index contributed by atoms with van der Waals surface area (Å²) in [4.78, 5) is 21.7. The summed E-state index contributed by atoms with van der Waals surface area (Å²) in [7, 11) is 0. The molecule has 0 saturated heterocycles. The summed E-state index contributed by atoms with van der Waals surface area (Å²) in [6, 6.07) is -0.756. The molecule has 3 N–H and O–H groups in total. The fraction of sp³-hybridized carbons (Fsp3) is 0.556. The Morgan fingerprint density at radius 3 is 2.31 bits per heavy atom. The third kappa shape index (κ3) is 2.99. The van der Waals surface area contributed by atoms with Gasteiger partial charge in [-0.15, -0.1) is 0 Å². The minimum Gasteiger partial charge on any atom is -0.478 e. The molecular weight excluding hydrogens is 170 g/mol. The summed E-state index contributed by atoms with van der Waals surface area (Å²) < 4.78 is 0. The standard InChI is InChI=1S/C9H15NO3/c1-4-5(2)7(10)8(11)6(3)9(12)13/h5,7H,3-4,10H2,1-2H3,(H,12,13). The van der Waals surface area contributed by atoms with Gasteiger partial charge in [0.15, 0.2) is 5.78 Å². The van der Waals surface area contributed by atoms with Crippen LogP contribution in [0.4, 0.5) is 0 Å². The van der Waals surface area contributed by atoms with Crippen molar-refractivity contribution in [2.45, 2.75) is 26.3 Å². The smallest absolute Gasteiger partial charge is 0.338 e. The highest BCUT2D eigenvalue weighted by Gasteiger charge is 2.24. The van der Waals surface area contributed by atoms with Crippen LogP contribution in [0.5, 0.6) is 0 Å². The van der Waals surface area contributed by atoms with Gasteiger partial charge in [-0.1, -0.05) is 26.8 Å². The maximum Gasteiger partial charge on any atom is 0.338 e. The van der Waals surface area contributed by atoms with E-state index >= 15 is 0 Å². The second-order valence-corrected chi connectivity index (χ2v) is 3.06. The molecule has 0 aromatic heterocycles. The normalized spacial score (nSPS) is 14.7. The first-order valence-electron chi connectivity index (χ1n) is 4.13. The van der Waals surface area contributed by atoms with E-state index < -0.39 is 23.4 Å². The zero-order valence-electron chi connectivity index (χ0n) is 7.91. The molecule has 4 nitrogen and oxygen atoms in total. The molecule has 74 valence electrons. The molecule has 0 aromatic rings. The lowest BCUT2D eigenvalue weighted by molar-refractivity contribution is -0.135. The van der Waals surface area contributed by atoms with Crippen LogP contribution in [-0.4, -0.2) is 22.9 Å². The number of nitrogens with two attached hydrogens (primary N) is 1. The number of hydrogen-bond donors (Lipinski definition) is 2. The third-order valence-electron chi connectivity index (χ3n) is 2.12. The van der Waals surface area contributed by atoms with E-state index in [0.717, 1.165) is 6.42 Å². The van der Waals surface area contributed by atoms with Gasteiger partial charge >= 0.3 is 5.97 Å². The van der Waals surface area contributed by atoms with Crippen LogP contribution in [0.15, 0.2) is 12.2 Å². The predicted molar refractivity (Wildman–Crippen MR) is 49.2 cm³/mol. The zero-order chi connectivity index (χ0) is 10.6. The van der Waals surface area contributed by atoms with Gasteiger partial charge in [0.05, 0.1) is 11.6 Å². The number of carbonyl (C=O) groups is 2. The topological polar surface area (TPSA) is 80.4 Å². The number of Topliss-reactive ketones (excluding diaryl/α,β-unsaturated/α-hetero) is 1. The van der Waals surface area contributed by atoms with E-state index in [0.29, 0.717) is 0 Å². The highest BCUT2D eigenvalue weighted by atomic mass is 16.4. The van der Waals surface area contributed by atoms with E-state index in [-0.39, 0.29) is 5.92 Å². The monoisotopic (exact) mass is 185 g/mol. The molecular formula is C9H15NO3. The molecule has 4 heteroatoms. The second kappa shape index (κ2) is 4.77. The summed E-state index contributed by atoms with van der Waals surface area (Å²) in [5, 5.41) is 8.48. The van der Waals surface area contributed by atoms with Gasteiger partial charge in [0.25, 0.3) is 0 Å². The van der Waals surface area contributed by atoms with Crippen molar-refractivity contribution < 1.29 is 14.7 Å². The summed E-state index contributed by atoms with van der Waals surface area (Å²) >= 11 is 0. The first kappa shape index (κ1) is 11.8. The summed E-state index contributed by atoms with van der Waals surface area (Å²) in [5.74, 6) is -1.91. The van der Waals surface area contributed by atoms with E-state index in [4.69, 9.17) is 10.8 Å². The zero-order valence-corrected chi connectivity index (χ0v) is 7.91. The van der Waals surface area contributed by atoms with Crippen LogP contribution in [-0.2, 0) is 9.59 Å². The Hall–Kier alpha value is -1.16. The van der Waals surface area contributed by atoms with Crippen LogP contribution in [0.25, 0.3) is 0 Å². The van der Waals surface area contributed by atoms with Gasteiger partial charge in [0.1, 0.15) is 0 Å². The molecule has 0 saturated carbocycles. The Morgan fingerprint density at radius 2 is 2.00 bits per heavy atom. The number of carboxylic acid groups (broad SMARTS) is 1. The van der Waals surface area contributed by atoms with Crippen molar-refractivity contribution in [2.75, 3.05) is 0 Å². The van der Waals surface area contributed by atoms with Gasteiger partial charge in [-0.2, -0.15) is 0 Å². The fourth-order valence-electron chi connectivity index (χ4n) is 0.819. The highest BCUT2D eigenvalue weighted by Crippen LogP contribution is 2.09. The number of ketones is 1. The molecule has 0 spiro atoms. The Bertz CT molecular complexity index is 235. The highest BCUT2D eigenvalue weighted by molar-refractivity contribution is 6.18. The van der Waals surface area contributed by atoms with Crippen molar-refractivity contribution in [1.82, 2.24) is 0 Å². The van der Waals surface area contributed by atoms with E-state index in [1.807, 2.05) is 6.92 Å². The quantitative estimate of drug-likeness (QED) is 0.373. The molecule has 0 rings (SSSR count). The second-order valence-electron chi connectivity index (χ2n) is 3.06. The Labute approximate surface area is 77.4 Å². The van der Waals surface area contributed by atoms with Gasteiger partial charge in [-0.05, 0) is 5.92 Å². The van der Waals surface area contributed by atoms with Gasteiger partial charge in [-0.25, -0.2) is 4.79 Å². The van der Waals surface area contributed by atoms with Crippen LogP contribution in [0.3, 0.4) is 0 Å². The number of carbonyl (C=O) groups excluding carboxylic acids is 1. The fourth-order valence-corrected chi connectivity index (χ4v) is 0.819. The average Bonchev–Trinajstić information content (AvgIpc) is 2.12. The van der Waals surface area contributed by atoms with Crippen molar-refractivity contribution in [3.63, 3.8) is 0 Å². The summed E-state index contributed by atoms with van der Waals surface area (Å²) in [5.41, 5.74) is 5.10. The van der Waals surface area contributed by atoms with Gasteiger partial charge in [0, 0.05) is 0 Å². The SMILES string of the molecule is C=C(C(=O)O)C(=O)C(N)C(C)CC. The number of hydrogen-bond acceptors (Lipinski definition) is 3. The first-order chi connectivity index (χ1) is 5.91. The van der Waals surface area contributed by atoms with Crippen LogP contribution in [0.2, 0.25) is 0 Å². The molecule has 0 fully saturated rings. The average molecular weight is 185 g/mol. The Morgan fingerprint density at radius 1 is 1.54 bits per heavy atom. The lowest BCUT2D eigenvalue weighted by Crippen LogP contribution is -2.38. The van der Waals surface area contributed by atoms with Crippen molar-refractivity contribution in [3.05, 3.63) is 12.2 Å². The van der Waals surface area contributed by atoms with Crippen molar-refractivity contribution in [2.24, 2.45) is 11.7 Å². The molecule has 0 radical (unpaired) electrons. The molecule has 0 aliphatic heterocycles. The maximum absolute atomic E-state index is 11.3. The number of carboxylic acids is 1. The minimum atomic E-state index is -1.30.